The van der Waals surface area contributed by atoms with Crippen LogP contribution in [0.5, 0.6) is 0 Å². The third-order valence-electron chi connectivity index (χ3n) is 4.68. The predicted molar refractivity (Wildman–Crippen MR) is 107 cm³/mol. The van der Waals surface area contributed by atoms with Crippen LogP contribution < -0.4 is 5.32 Å². The monoisotopic (exact) mass is 385 g/mol. The normalized spacial score (nSPS) is 11.0. The summed E-state index contributed by atoms with van der Waals surface area (Å²) in [6, 6.07) is 8.24. The molecule has 0 saturated heterocycles. The first-order valence-corrected chi connectivity index (χ1v) is 9.31. The van der Waals surface area contributed by atoms with Crippen molar-refractivity contribution in [3.8, 4) is 0 Å². The number of carbonyl (C=O) groups excluding carboxylic acids is 1. The van der Waals surface area contributed by atoms with Crippen LogP contribution in [0.3, 0.4) is 0 Å². The fourth-order valence-corrected chi connectivity index (χ4v) is 3.16. The molecule has 2 aromatic heterocycles. The van der Waals surface area contributed by atoms with Crippen molar-refractivity contribution >= 4 is 23.2 Å². The van der Waals surface area contributed by atoms with E-state index in [0.29, 0.717) is 24.5 Å². The van der Waals surface area contributed by atoms with Gasteiger partial charge in [0, 0.05) is 19.2 Å². The number of amides is 1. The second-order valence-electron chi connectivity index (χ2n) is 6.75. The van der Waals surface area contributed by atoms with E-state index < -0.39 is 0 Å². The Hall–Kier alpha value is -2.60. The minimum atomic E-state index is -0.0686. The molecule has 0 aliphatic carbocycles. The predicted octanol–water partition coefficient (Wildman–Crippen LogP) is 4.04. The first-order valence-electron chi connectivity index (χ1n) is 8.93. The summed E-state index contributed by atoms with van der Waals surface area (Å²) in [6.45, 7) is 8.98. The third-order valence-corrected chi connectivity index (χ3v) is 5.05. The van der Waals surface area contributed by atoms with E-state index in [1.807, 2.05) is 37.6 Å². The maximum atomic E-state index is 12.4. The maximum Gasteiger partial charge on any atom is 0.226 e. The molecule has 1 N–H and O–H groups in total. The number of nitrogens with zero attached hydrogens (tertiary/aromatic N) is 4. The minimum absolute atomic E-state index is 0.0686. The Kier molecular flexibility index (Phi) is 5.65. The molecule has 1 amide bonds. The van der Waals surface area contributed by atoms with Crippen LogP contribution in [0.1, 0.15) is 34.6 Å². The molecule has 6 nitrogen and oxygen atoms in total. The van der Waals surface area contributed by atoms with Crippen LogP contribution >= 0.6 is 11.6 Å². The quantitative estimate of drug-likeness (QED) is 0.696. The van der Waals surface area contributed by atoms with Gasteiger partial charge in [0.25, 0.3) is 0 Å². The Labute approximate surface area is 164 Å². The second-order valence-corrected chi connectivity index (χ2v) is 7.16. The average molecular weight is 386 g/mol. The van der Waals surface area contributed by atoms with Crippen LogP contribution in [0.15, 0.2) is 30.5 Å². The van der Waals surface area contributed by atoms with Crippen molar-refractivity contribution in [1.82, 2.24) is 19.6 Å². The van der Waals surface area contributed by atoms with Crippen molar-refractivity contribution in [2.24, 2.45) is 0 Å². The van der Waals surface area contributed by atoms with E-state index in [1.165, 1.54) is 11.1 Å². The summed E-state index contributed by atoms with van der Waals surface area (Å²) in [6.07, 6.45) is 2.06. The molecule has 0 unspecified atom stereocenters. The number of benzene rings is 1. The van der Waals surface area contributed by atoms with Crippen molar-refractivity contribution < 1.29 is 4.79 Å². The minimum Gasteiger partial charge on any atom is -0.323 e. The molecule has 0 fully saturated rings. The molecule has 0 radical (unpaired) electrons. The maximum absolute atomic E-state index is 12.4. The molecule has 1 aromatic carbocycles. The third kappa shape index (κ3) is 4.39. The van der Waals surface area contributed by atoms with Crippen molar-refractivity contribution in [2.45, 2.75) is 47.2 Å². The fourth-order valence-electron chi connectivity index (χ4n) is 3.01. The summed E-state index contributed by atoms with van der Waals surface area (Å²) in [5.41, 5.74) is 5.75. The van der Waals surface area contributed by atoms with E-state index in [4.69, 9.17) is 11.6 Å². The Morgan fingerprint density at radius 3 is 2.52 bits per heavy atom. The summed E-state index contributed by atoms with van der Waals surface area (Å²) in [5.74, 6) is -0.0686. The summed E-state index contributed by atoms with van der Waals surface area (Å²) in [7, 11) is 0. The van der Waals surface area contributed by atoms with Crippen LogP contribution in [0.4, 0.5) is 5.69 Å². The van der Waals surface area contributed by atoms with E-state index in [0.717, 1.165) is 22.8 Å². The SMILES string of the molecule is Cc1ccccc1Cn1nc(C)c(NC(=O)CCn2cc(Cl)c(C)n2)c1C. The van der Waals surface area contributed by atoms with E-state index in [9.17, 15) is 4.79 Å². The number of hydrogen-bond acceptors (Lipinski definition) is 3. The van der Waals surface area contributed by atoms with Crippen molar-refractivity contribution in [1.29, 1.82) is 0 Å². The lowest BCUT2D eigenvalue weighted by Crippen LogP contribution is -2.16. The van der Waals surface area contributed by atoms with Gasteiger partial charge in [-0.3, -0.25) is 14.2 Å². The molecule has 0 aliphatic heterocycles. The zero-order valence-corrected chi connectivity index (χ0v) is 16.8. The van der Waals surface area contributed by atoms with E-state index >= 15 is 0 Å². The molecule has 0 spiro atoms. The number of anilines is 1. The Morgan fingerprint density at radius 2 is 1.85 bits per heavy atom. The Balaban J connectivity index is 1.67. The van der Waals surface area contributed by atoms with Gasteiger partial charge in [0.1, 0.15) is 0 Å². The first-order chi connectivity index (χ1) is 12.8. The summed E-state index contributed by atoms with van der Waals surface area (Å²) >= 11 is 6.00. The van der Waals surface area contributed by atoms with Gasteiger partial charge in [-0.15, -0.1) is 0 Å². The highest BCUT2D eigenvalue weighted by atomic mass is 35.5. The summed E-state index contributed by atoms with van der Waals surface area (Å²) < 4.78 is 3.63. The lowest BCUT2D eigenvalue weighted by Gasteiger charge is -2.09. The number of hydrogen-bond donors (Lipinski definition) is 1. The Morgan fingerprint density at radius 1 is 1.11 bits per heavy atom. The van der Waals surface area contributed by atoms with Gasteiger partial charge < -0.3 is 5.32 Å². The lowest BCUT2D eigenvalue weighted by molar-refractivity contribution is -0.116. The molecule has 0 aliphatic rings. The summed E-state index contributed by atoms with van der Waals surface area (Å²) in [5, 5.41) is 12.5. The standard InChI is InChI=1S/C20H24ClN5O/c1-13-7-5-6-8-17(13)11-26-16(4)20(15(3)24-26)22-19(27)9-10-25-12-18(21)14(2)23-25/h5-8,12H,9-11H2,1-4H3,(H,22,27). The number of nitrogens with one attached hydrogen (secondary N) is 1. The largest absolute Gasteiger partial charge is 0.323 e. The molecular formula is C20H24ClN5O. The molecule has 142 valence electrons. The molecule has 0 bridgehead atoms. The highest BCUT2D eigenvalue weighted by Crippen LogP contribution is 2.21. The fraction of sp³-hybridized carbons (Fsp3) is 0.350. The van der Waals surface area contributed by atoms with Gasteiger partial charge in [0.2, 0.25) is 5.91 Å². The Bertz CT molecular complexity index is 953. The summed E-state index contributed by atoms with van der Waals surface area (Å²) in [4.78, 5) is 12.4. The number of carbonyl (C=O) groups is 1. The molecule has 3 aromatic rings. The molecule has 7 heteroatoms. The van der Waals surface area contributed by atoms with Crippen LogP contribution in [-0.2, 0) is 17.9 Å². The zero-order chi connectivity index (χ0) is 19.6. The molecular weight excluding hydrogens is 362 g/mol. The number of halogens is 1. The van der Waals surface area contributed by atoms with Gasteiger partial charge in [-0.05, 0) is 38.8 Å². The van der Waals surface area contributed by atoms with Crippen molar-refractivity contribution in [2.75, 3.05) is 5.32 Å². The van der Waals surface area contributed by atoms with Crippen LogP contribution in [0.2, 0.25) is 5.02 Å². The van der Waals surface area contributed by atoms with E-state index in [2.05, 4.69) is 34.6 Å². The molecule has 0 atom stereocenters. The van der Waals surface area contributed by atoms with E-state index in [1.54, 1.807) is 10.9 Å². The van der Waals surface area contributed by atoms with Crippen LogP contribution in [-0.4, -0.2) is 25.5 Å². The number of aryl methyl sites for hydroxylation is 4. The number of rotatable bonds is 6. The van der Waals surface area contributed by atoms with Crippen molar-refractivity contribution in [3.05, 3.63) is 63.7 Å². The van der Waals surface area contributed by atoms with Crippen LogP contribution in [0, 0.1) is 27.7 Å². The molecule has 27 heavy (non-hydrogen) atoms. The highest BCUT2D eigenvalue weighted by molar-refractivity contribution is 6.31. The van der Waals surface area contributed by atoms with Crippen molar-refractivity contribution in [3.63, 3.8) is 0 Å². The second kappa shape index (κ2) is 7.96. The topological polar surface area (TPSA) is 64.7 Å². The zero-order valence-electron chi connectivity index (χ0n) is 16.1. The number of aromatic nitrogens is 4. The van der Waals surface area contributed by atoms with Gasteiger partial charge in [-0.1, -0.05) is 35.9 Å². The van der Waals surface area contributed by atoms with Gasteiger partial charge in [0.15, 0.2) is 0 Å². The van der Waals surface area contributed by atoms with Gasteiger partial charge in [-0.25, -0.2) is 0 Å². The highest BCUT2D eigenvalue weighted by Gasteiger charge is 2.15. The average Bonchev–Trinajstić information content (AvgIpc) is 3.08. The van der Waals surface area contributed by atoms with Gasteiger partial charge in [-0.2, -0.15) is 10.2 Å². The first kappa shape index (κ1) is 19.2. The lowest BCUT2D eigenvalue weighted by atomic mass is 10.1. The van der Waals surface area contributed by atoms with Gasteiger partial charge >= 0.3 is 0 Å². The molecule has 2 heterocycles. The molecule has 0 saturated carbocycles. The van der Waals surface area contributed by atoms with Crippen LogP contribution in [0.25, 0.3) is 0 Å². The molecule has 3 rings (SSSR count). The van der Waals surface area contributed by atoms with E-state index in [-0.39, 0.29) is 5.91 Å². The smallest absolute Gasteiger partial charge is 0.226 e. The van der Waals surface area contributed by atoms with Gasteiger partial charge in [0.05, 0.1) is 34.3 Å².